The number of nitrogens with zero attached hydrogens (tertiary/aromatic N) is 1. The summed E-state index contributed by atoms with van der Waals surface area (Å²) < 4.78 is 0. The molecule has 142 valence electrons. The zero-order chi connectivity index (χ0) is 18.2. The molecular formula is C20H29N3O2S. The Morgan fingerprint density at radius 3 is 2.62 bits per heavy atom. The minimum Gasteiger partial charge on any atom is -0.348 e. The standard InChI is InChI=1S/C20H29N3O2S/c24-19(21-10-8-16-6-2-1-3-7-16)20(25)22-14-18(17-9-13-26-15-17)23-11-4-5-12-23/h6,9,13,15,18H,1-5,7-8,10-12,14H2,(H,21,24)(H,22,25)/t18-/m0/s1. The lowest BCUT2D eigenvalue weighted by atomic mass is 9.97. The molecule has 1 aromatic rings. The van der Waals surface area contributed by atoms with Crippen molar-refractivity contribution >= 4 is 23.2 Å². The summed E-state index contributed by atoms with van der Waals surface area (Å²) in [6, 6.07) is 2.27. The molecule has 0 radical (unpaired) electrons. The van der Waals surface area contributed by atoms with Crippen LogP contribution in [0, 0.1) is 0 Å². The number of carbonyl (C=O) groups is 2. The molecule has 3 rings (SSSR count). The van der Waals surface area contributed by atoms with Gasteiger partial charge in [-0.05, 0) is 80.4 Å². The van der Waals surface area contributed by atoms with Crippen LogP contribution in [0.1, 0.15) is 56.6 Å². The van der Waals surface area contributed by atoms with E-state index >= 15 is 0 Å². The molecule has 1 aliphatic carbocycles. The lowest BCUT2D eigenvalue weighted by molar-refractivity contribution is -0.139. The van der Waals surface area contributed by atoms with Crippen molar-refractivity contribution in [3.05, 3.63) is 34.0 Å². The highest BCUT2D eigenvalue weighted by molar-refractivity contribution is 7.07. The molecule has 2 heterocycles. The lowest BCUT2D eigenvalue weighted by Gasteiger charge is -2.27. The number of rotatable bonds is 7. The van der Waals surface area contributed by atoms with Crippen molar-refractivity contribution in [2.24, 2.45) is 0 Å². The van der Waals surface area contributed by atoms with Gasteiger partial charge in [0.1, 0.15) is 0 Å². The van der Waals surface area contributed by atoms with E-state index < -0.39 is 11.8 Å². The summed E-state index contributed by atoms with van der Waals surface area (Å²) in [5.41, 5.74) is 2.63. The van der Waals surface area contributed by atoms with E-state index in [0.29, 0.717) is 13.1 Å². The fourth-order valence-electron chi connectivity index (χ4n) is 3.79. The number of hydrogen-bond acceptors (Lipinski definition) is 4. The predicted molar refractivity (Wildman–Crippen MR) is 105 cm³/mol. The van der Waals surface area contributed by atoms with Crippen molar-refractivity contribution in [2.45, 2.75) is 51.0 Å². The first-order valence-electron chi connectivity index (χ1n) is 9.74. The van der Waals surface area contributed by atoms with E-state index in [2.05, 4.69) is 38.4 Å². The van der Waals surface area contributed by atoms with Gasteiger partial charge < -0.3 is 10.6 Å². The highest BCUT2D eigenvalue weighted by Crippen LogP contribution is 2.26. The minimum atomic E-state index is -0.526. The van der Waals surface area contributed by atoms with Gasteiger partial charge in [0.2, 0.25) is 0 Å². The first kappa shape index (κ1) is 19.1. The van der Waals surface area contributed by atoms with Crippen LogP contribution < -0.4 is 10.6 Å². The largest absolute Gasteiger partial charge is 0.348 e. The Kier molecular flexibility index (Phi) is 7.26. The van der Waals surface area contributed by atoms with E-state index in [0.717, 1.165) is 32.4 Å². The third-order valence-electron chi connectivity index (χ3n) is 5.29. The SMILES string of the molecule is O=C(NCCC1=CCCCC1)C(=O)NC[C@@H](c1ccsc1)N1CCCC1. The van der Waals surface area contributed by atoms with Gasteiger partial charge in [-0.3, -0.25) is 14.5 Å². The van der Waals surface area contributed by atoms with Gasteiger partial charge in [-0.1, -0.05) is 11.6 Å². The van der Waals surface area contributed by atoms with Crippen molar-refractivity contribution < 1.29 is 9.59 Å². The van der Waals surface area contributed by atoms with Crippen molar-refractivity contribution in [3.63, 3.8) is 0 Å². The van der Waals surface area contributed by atoms with Crippen LogP contribution in [0.15, 0.2) is 28.5 Å². The molecule has 5 nitrogen and oxygen atoms in total. The fourth-order valence-corrected chi connectivity index (χ4v) is 4.50. The Morgan fingerprint density at radius 2 is 1.92 bits per heavy atom. The smallest absolute Gasteiger partial charge is 0.309 e. The van der Waals surface area contributed by atoms with E-state index in [1.807, 2.05) is 0 Å². The van der Waals surface area contributed by atoms with E-state index in [1.54, 1.807) is 11.3 Å². The number of nitrogens with one attached hydrogen (secondary N) is 2. The lowest BCUT2D eigenvalue weighted by Crippen LogP contribution is -2.44. The molecule has 2 N–H and O–H groups in total. The number of allylic oxidation sites excluding steroid dienone is 1. The average Bonchev–Trinajstić information content (AvgIpc) is 3.37. The van der Waals surface area contributed by atoms with Gasteiger partial charge in [-0.2, -0.15) is 11.3 Å². The van der Waals surface area contributed by atoms with Gasteiger partial charge in [-0.15, -0.1) is 0 Å². The Balaban J connectivity index is 1.43. The first-order valence-corrected chi connectivity index (χ1v) is 10.7. The Morgan fingerprint density at radius 1 is 1.12 bits per heavy atom. The summed E-state index contributed by atoms with van der Waals surface area (Å²) in [6.07, 6.45) is 10.3. The summed E-state index contributed by atoms with van der Waals surface area (Å²) in [6.45, 7) is 3.13. The van der Waals surface area contributed by atoms with Crippen LogP contribution in [-0.4, -0.2) is 42.9 Å². The van der Waals surface area contributed by atoms with Crippen LogP contribution in [0.2, 0.25) is 0 Å². The number of amides is 2. The maximum atomic E-state index is 12.2. The van der Waals surface area contributed by atoms with E-state index in [1.165, 1.54) is 36.8 Å². The molecule has 26 heavy (non-hydrogen) atoms. The zero-order valence-corrected chi connectivity index (χ0v) is 16.2. The molecular weight excluding hydrogens is 346 g/mol. The molecule has 0 spiro atoms. The van der Waals surface area contributed by atoms with Gasteiger partial charge in [0, 0.05) is 13.1 Å². The Bertz CT molecular complexity index is 621. The van der Waals surface area contributed by atoms with Crippen LogP contribution in [-0.2, 0) is 9.59 Å². The zero-order valence-electron chi connectivity index (χ0n) is 15.3. The van der Waals surface area contributed by atoms with Gasteiger partial charge in [0.25, 0.3) is 0 Å². The summed E-state index contributed by atoms with van der Waals surface area (Å²) in [4.78, 5) is 26.6. The van der Waals surface area contributed by atoms with Gasteiger partial charge in [0.05, 0.1) is 6.04 Å². The van der Waals surface area contributed by atoms with Crippen LogP contribution in [0.3, 0.4) is 0 Å². The summed E-state index contributed by atoms with van der Waals surface area (Å²) >= 11 is 1.67. The third-order valence-corrected chi connectivity index (χ3v) is 5.99. The molecule has 1 fully saturated rings. The summed E-state index contributed by atoms with van der Waals surface area (Å²) in [7, 11) is 0. The fraction of sp³-hybridized carbons (Fsp3) is 0.600. The van der Waals surface area contributed by atoms with Gasteiger partial charge in [0.15, 0.2) is 0 Å². The van der Waals surface area contributed by atoms with Crippen LogP contribution in [0.5, 0.6) is 0 Å². The van der Waals surface area contributed by atoms with Crippen molar-refractivity contribution in [3.8, 4) is 0 Å². The Labute approximate surface area is 159 Å². The number of thiophene rings is 1. The Hall–Kier alpha value is -1.66. The maximum absolute atomic E-state index is 12.2. The van der Waals surface area contributed by atoms with Crippen molar-refractivity contribution in [2.75, 3.05) is 26.2 Å². The van der Waals surface area contributed by atoms with Crippen LogP contribution in [0.25, 0.3) is 0 Å². The summed E-state index contributed by atoms with van der Waals surface area (Å²) in [5.74, 6) is -1.05. The second-order valence-electron chi connectivity index (χ2n) is 7.14. The quantitative estimate of drug-likeness (QED) is 0.569. The van der Waals surface area contributed by atoms with Crippen molar-refractivity contribution in [1.82, 2.24) is 15.5 Å². The maximum Gasteiger partial charge on any atom is 0.309 e. The topological polar surface area (TPSA) is 61.4 Å². The van der Waals surface area contributed by atoms with E-state index in [4.69, 9.17) is 0 Å². The highest BCUT2D eigenvalue weighted by Gasteiger charge is 2.25. The van der Waals surface area contributed by atoms with E-state index in [-0.39, 0.29) is 6.04 Å². The van der Waals surface area contributed by atoms with Crippen LogP contribution >= 0.6 is 11.3 Å². The highest BCUT2D eigenvalue weighted by atomic mass is 32.1. The monoisotopic (exact) mass is 375 g/mol. The second kappa shape index (κ2) is 9.88. The molecule has 0 aromatic carbocycles. The molecule has 6 heteroatoms. The number of carbonyl (C=O) groups excluding carboxylic acids is 2. The molecule has 0 saturated carbocycles. The molecule has 1 saturated heterocycles. The van der Waals surface area contributed by atoms with Gasteiger partial charge in [-0.25, -0.2) is 0 Å². The normalized spacial score (nSPS) is 19.0. The first-order chi connectivity index (χ1) is 12.7. The molecule has 0 unspecified atom stereocenters. The number of likely N-dealkylation sites (tertiary alicyclic amines) is 1. The molecule has 1 aromatic heterocycles. The predicted octanol–water partition coefficient (Wildman–Crippen LogP) is 3.01. The average molecular weight is 376 g/mol. The molecule has 0 bridgehead atoms. The molecule has 1 atom stereocenters. The van der Waals surface area contributed by atoms with Crippen LogP contribution in [0.4, 0.5) is 0 Å². The number of hydrogen-bond donors (Lipinski definition) is 2. The molecule has 2 amide bonds. The van der Waals surface area contributed by atoms with Gasteiger partial charge >= 0.3 is 11.8 Å². The minimum absolute atomic E-state index is 0.160. The molecule has 2 aliphatic rings. The second-order valence-corrected chi connectivity index (χ2v) is 7.92. The van der Waals surface area contributed by atoms with Crippen molar-refractivity contribution in [1.29, 1.82) is 0 Å². The van der Waals surface area contributed by atoms with E-state index in [9.17, 15) is 9.59 Å². The third kappa shape index (κ3) is 5.42. The molecule has 1 aliphatic heterocycles. The summed E-state index contributed by atoms with van der Waals surface area (Å²) in [5, 5.41) is 9.78.